The van der Waals surface area contributed by atoms with Crippen molar-refractivity contribution in [1.29, 1.82) is 0 Å². The highest BCUT2D eigenvalue weighted by atomic mass is 35.5. The lowest BCUT2D eigenvalue weighted by Gasteiger charge is -2.10. The van der Waals surface area contributed by atoms with Gasteiger partial charge in [0.15, 0.2) is 6.61 Å². The van der Waals surface area contributed by atoms with Crippen LogP contribution in [-0.4, -0.2) is 20.9 Å². The van der Waals surface area contributed by atoms with Crippen LogP contribution in [0.3, 0.4) is 0 Å². The first-order valence-corrected chi connectivity index (χ1v) is 10.7. The Labute approximate surface area is 178 Å². The maximum Gasteiger partial charge on any atom is 0.261 e. The van der Waals surface area contributed by atoms with Crippen molar-refractivity contribution in [3.05, 3.63) is 89.2 Å². The molecule has 3 aromatic carbocycles. The highest BCUT2D eigenvalue weighted by Gasteiger charge is 2.14. The number of ether oxygens (including phenoxy) is 1. The molecular formula is C21H18ClFN2O4S. The summed E-state index contributed by atoms with van der Waals surface area (Å²) in [6.45, 7) is 0.00629. The summed E-state index contributed by atoms with van der Waals surface area (Å²) in [5, 5.41) is 3.15. The van der Waals surface area contributed by atoms with Crippen molar-refractivity contribution in [2.75, 3.05) is 11.3 Å². The second kappa shape index (κ2) is 9.60. The monoisotopic (exact) mass is 448 g/mol. The van der Waals surface area contributed by atoms with E-state index in [1.165, 1.54) is 36.4 Å². The molecule has 0 aliphatic rings. The predicted molar refractivity (Wildman–Crippen MR) is 112 cm³/mol. The van der Waals surface area contributed by atoms with E-state index in [2.05, 4.69) is 10.0 Å². The van der Waals surface area contributed by atoms with Crippen LogP contribution in [0.15, 0.2) is 77.7 Å². The van der Waals surface area contributed by atoms with E-state index in [0.29, 0.717) is 16.5 Å². The van der Waals surface area contributed by atoms with Crippen LogP contribution >= 0.6 is 11.6 Å². The quantitative estimate of drug-likeness (QED) is 0.546. The molecule has 156 valence electrons. The lowest BCUT2D eigenvalue weighted by Crippen LogP contribution is -2.28. The van der Waals surface area contributed by atoms with Gasteiger partial charge < -0.3 is 10.1 Å². The van der Waals surface area contributed by atoms with E-state index in [1.807, 2.05) is 0 Å². The molecule has 3 rings (SSSR count). The zero-order chi connectivity index (χ0) is 21.6. The fourth-order valence-corrected chi connectivity index (χ4v) is 3.63. The molecule has 0 aliphatic heterocycles. The van der Waals surface area contributed by atoms with E-state index in [1.54, 1.807) is 36.4 Å². The van der Waals surface area contributed by atoms with Crippen LogP contribution in [0.25, 0.3) is 0 Å². The van der Waals surface area contributed by atoms with Crippen LogP contribution in [0.5, 0.6) is 5.75 Å². The van der Waals surface area contributed by atoms with Gasteiger partial charge in [-0.3, -0.25) is 9.52 Å². The molecule has 1 amide bonds. The average Bonchev–Trinajstić information content (AvgIpc) is 2.73. The van der Waals surface area contributed by atoms with Crippen molar-refractivity contribution >= 4 is 33.2 Å². The fraction of sp³-hybridized carbons (Fsp3) is 0.0952. The maximum atomic E-state index is 12.9. The lowest BCUT2D eigenvalue weighted by atomic mass is 10.2. The molecule has 30 heavy (non-hydrogen) atoms. The van der Waals surface area contributed by atoms with E-state index in [-0.39, 0.29) is 29.8 Å². The minimum atomic E-state index is -3.77. The molecule has 0 saturated heterocycles. The molecule has 0 aliphatic carbocycles. The summed E-state index contributed by atoms with van der Waals surface area (Å²) in [5.74, 6) is -0.361. The van der Waals surface area contributed by atoms with E-state index in [9.17, 15) is 17.6 Å². The summed E-state index contributed by atoms with van der Waals surface area (Å²) in [5.41, 5.74) is 1.14. The van der Waals surface area contributed by atoms with Crippen LogP contribution in [0.1, 0.15) is 5.56 Å². The van der Waals surface area contributed by atoms with Crippen LogP contribution in [-0.2, 0) is 21.4 Å². The number of nitrogens with one attached hydrogen (secondary N) is 2. The summed E-state index contributed by atoms with van der Waals surface area (Å²) in [6.07, 6.45) is 0. The molecule has 0 aromatic heterocycles. The summed E-state index contributed by atoms with van der Waals surface area (Å²) < 4.78 is 45.6. The molecular weight excluding hydrogens is 431 g/mol. The molecule has 0 spiro atoms. The van der Waals surface area contributed by atoms with Crippen molar-refractivity contribution in [2.45, 2.75) is 11.4 Å². The Hall–Kier alpha value is -3.10. The van der Waals surface area contributed by atoms with Gasteiger partial charge in [-0.1, -0.05) is 23.7 Å². The van der Waals surface area contributed by atoms with Gasteiger partial charge >= 0.3 is 0 Å². The van der Waals surface area contributed by atoms with Crippen LogP contribution < -0.4 is 14.8 Å². The number of anilines is 1. The van der Waals surface area contributed by atoms with E-state index in [0.717, 1.165) is 5.56 Å². The highest BCUT2D eigenvalue weighted by Crippen LogP contribution is 2.20. The van der Waals surface area contributed by atoms with Gasteiger partial charge in [0.25, 0.3) is 15.9 Å². The summed E-state index contributed by atoms with van der Waals surface area (Å²) in [4.78, 5) is 11.9. The largest absolute Gasteiger partial charge is 0.484 e. The fourth-order valence-electron chi connectivity index (χ4n) is 2.45. The summed E-state index contributed by atoms with van der Waals surface area (Å²) in [6, 6.07) is 17.7. The molecule has 0 unspecified atom stereocenters. The predicted octanol–water partition coefficient (Wildman–Crippen LogP) is 3.98. The SMILES string of the molecule is O=C(COc1ccc(S(=O)(=O)Nc2ccc(Cl)cc2)cc1)NCc1ccc(F)cc1. The number of hydrogen-bond acceptors (Lipinski definition) is 4. The Morgan fingerprint density at radius 2 is 1.57 bits per heavy atom. The molecule has 0 heterocycles. The first-order valence-electron chi connectivity index (χ1n) is 8.84. The van der Waals surface area contributed by atoms with Gasteiger partial charge in [0.1, 0.15) is 11.6 Å². The average molecular weight is 449 g/mol. The Morgan fingerprint density at radius 3 is 2.20 bits per heavy atom. The topological polar surface area (TPSA) is 84.5 Å². The Kier molecular flexibility index (Phi) is 6.91. The van der Waals surface area contributed by atoms with Crippen molar-refractivity contribution in [3.8, 4) is 5.75 Å². The van der Waals surface area contributed by atoms with Gasteiger partial charge in [0.05, 0.1) is 4.90 Å². The van der Waals surface area contributed by atoms with Gasteiger partial charge in [-0.2, -0.15) is 0 Å². The number of carbonyl (C=O) groups excluding carboxylic acids is 1. The van der Waals surface area contributed by atoms with Crippen LogP contribution in [0, 0.1) is 5.82 Å². The molecule has 0 fully saturated rings. The molecule has 0 radical (unpaired) electrons. The van der Waals surface area contributed by atoms with E-state index < -0.39 is 10.0 Å². The van der Waals surface area contributed by atoms with Crippen LogP contribution in [0.2, 0.25) is 5.02 Å². The van der Waals surface area contributed by atoms with Crippen LogP contribution in [0.4, 0.5) is 10.1 Å². The standard InChI is InChI=1S/C21H18ClFN2O4S/c22-16-3-7-18(8-4-16)25-30(27,28)20-11-9-19(10-12-20)29-14-21(26)24-13-15-1-5-17(23)6-2-15/h1-12,25H,13-14H2,(H,24,26). The van der Waals surface area contributed by atoms with Gasteiger partial charge in [-0.05, 0) is 66.2 Å². The minimum Gasteiger partial charge on any atom is -0.484 e. The maximum absolute atomic E-state index is 12.9. The molecule has 9 heteroatoms. The first kappa shape index (κ1) is 21.6. The number of benzene rings is 3. The van der Waals surface area contributed by atoms with Gasteiger partial charge in [-0.25, -0.2) is 12.8 Å². The smallest absolute Gasteiger partial charge is 0.261 e. The van der Waals surface area contributed by atoms with E-state index >= 15 is 0 Å². The van der Waals surface area contributed by atoms with Gasteiger partial charge in [0.2, 0.25) is 0 Å². The molecule has 0 bridgehead atoms. The molecule has 0 atom stereocenters. The number of hydrogen-bond donors (Lipinski definition) is 2. The van der Waals surface area contributed by atoms with Crippen molar-refractivity contribution in [1.82, 2.24) is 5.32 Å². The van der Waals surface area contributed by atoms with Gasteiger partial charge in [0, 0.05) is 17.3 Å². The number of amides is 1. The zero-order valence-corrected chi connectivity index (χ0v) is 17.2. The lowest BCUT2D eigenvalue weighted by molar-refractivity contribution is -0.123. The molecule has 3 aromatic rings. The third kappa shape index (κ3) is 6.20. The van der Waals surface area contributed by atoms with Crippen molar-refractivity contribution in [2.24, 2.45) is 0 Å². The first-order chi connectivity index (χ1) is 14.3. The third-order valence-corrected chi connectivity index (χ3v) is 5.65. The Balaban J connectivity index is 1.51. The zero-order valence-electron chi connectivity index (χ0n) is 15.6. The normalized spacial score (nSPS) is 11.0. The Bertz CT molecular complexity index is 1100. The number of halogens is 2. The molecule has 2 N–H and O–H groups in total. The molecule has 6 nitrogen and oxygen atoms in total. The van der Waals surface area contributed by atoms with Gasteiger partial charge in [-0.15, -0.1) is 0 Å². The molecule has 0 saturated carbocycles. The number of sulfonamides is 1. The van der Waals surface area contributed by atoms with E-state index in [4.69, 9.17) is 16.3 Å². The second-order valence-electron chi connectivity index (χ2n) is 6.28. The second-order valence-corrected chi connectivity index (χ2v) is 8.39. The number of rotatable bonds is 8. The summed E-state index contributed by atoms with van der Waals surface area (Å²) in [7, 11) is -3.77. The van der Waals surface area contributed by atoms with Crippen molar-refractivity contribution in [3.63, 3.8) is 0 Å². The minimum absolute atomic E-state index is 0.0468. The third-order valence-electron chi connectivity index (χ3n) is 4.00. The Morgan fingerprint density at radius 1 is 0.933 bits per heavy atom. The number of carbonyl (C=O) groups is 1. The van der Waals surface area contributed by atoms with Crippen molar-refractivity contribution < 1.29 is 22.3 Å². The summed E-state index contributed by atoms with van der Waals surface area (Å²) >= 11 is 5.79. The highest BCUT2D eigenvalue weighted by molar-refractivity contribution is 7.92.